The minimum Gasteiger partial charge on any atom is -0.385 e. The van der Waals surface area contributed by atoms with Crippen LogP contribution < -0.4 is 16.4 Å². The van der Waals surface area contributed by atoms with Gasteiger partial charge in [0, 0.05) is 37.2 Å². The highest BCUT2D eigenvalue weighted by Crippen LogP contribution is 2.11. The molecule has 1 aromatic carbocycles. The second kappa shape index (κ2) is 7.26. The Hall–Kier alpha value is -3.09. The van der Waals surface area contributed by atoms with Crippen LogP contribution in [0.4, 0.5) is 17.5 Å². The van der Waals surface area contributed by atoms with E-state index in [1.807, 2.05) is 36.5 Å². The number of rotatable bonds is 7. The maximum Gasteiger partial charge on any atom is 0.224 e. The lowest BCUT2D eigenvalue weighted by atomic mass is 10.3. The third kappa shape index (κ3) is 4.19. The standard InChI is InChI=1S/C16H19N7/c17-16-21-14(12-15(22-16)23-11-5-10-20-23)19-9-4-8-18-13-6-2-1-3-7-13/h1-3,5-7,10-12,18H,4,8-9H2,(H3,17,19,21,22). The molecule has 118 valence electrons. The highest BCUT2D eigenvalue weighted by molar-refractivity contribution is 5.45. The molecule has 2 aromatic heterocycles. The topological polar surface area (TPSA) is 93.7 Å². The molecule has 0 radical (unpaired) electrons. The number of nitrogens with zero attached hydrogens (tertiary/aromatic N) is 4. The molecule has 3 rings (SSSR count). The first-order chi connectivity index (χ1) is 11.3. The van der Waals surface area contributed by atoms with Gasteiger partial charge in [-0.05, 0) is 24.6 Å². The van der Waals surface area contributed by atoms with E-state index in [1.165, 1.54) is 0 Å². The lowest BCUT2D eigenvalue weighted by Gasteiger charge is -2.09. The summed E-state index contributed by atoms with van der Waals surface area (Å²) in [6.45, 7) is 1.67. The fraction of sp³-hybridized carbons (Fsp3) is 0.188. The zero-order chi connectivity index (χ0) is 15.9. The van der Waals surface area contributed by atoms with Crippen LogP contribution in [0, 0.1) is 0 Å². The monoisotopic (exact) mass is 309 g/mol. The Labute approximate surface area is 134 Å². The maximum absolute atomic E-state index is 5.76. The van der Waals surface area contributed by atoms with Gasteiger partial charge < -0.3 is 16.4 Å². The highest BCUT2D eigenvalue weighted by Gasteiger charge is 2.04. The third-order valence-corrected chi connectivity index (χ3v) is 3.23. The molecule has 0 amide bonds. The van der Waals surface area contributed by atoms with Gasteiger partial charge in [0.25, 0.3) is 0 Å². The van der Waals surface area contributed by atoms with Crippen LogP contribution >= 0.6 is 0 Å². The summed E-state index contributed by atoms with van der Waals surface area (Å²) in [5, 5.41) is 10.8. The van der Waals surface area contributed by atoms with Crippen LogP contribution in [0.25, 0.3) is 5.82 Å². The maximum atomic E-state index is 5.76. The first kappa shape index (κ1) is 14.8. The van der Waals surface area contributed by atoms with Crippen molar-refractivity contribution >= 4 is 17.5 Å². The molecule has 0 aliphatic rings. The summed E-state index contributed by atoms with van der Waals surface area (Å²) in [5.41, 5.74) is 6.88. The van der Waals surface area contributed by atoms with Gasteiger partial charge in [0.1, 0.15) is 5.82 Å². The summed E-state index contributed by atoms with van der Waals surface area (Å²) in [4.78, 5) is 8.37. The lowest BCUT2D eigenvalue weighted by Crippen LogP contribution is -2.12. The summed E-state index contributed by atoms with van der Waals surface area (Å²) in [7, 11) is 0. The molecule has 0 atom stereocenters. The average molecular weight is 309 g/mol. The smallest absolute Gasteiger partial charge is 0.224 e. The predicted molar refractivity (Wildman–Crippen MR) is 91.6 cm³/mol. The molecule has 2 heterocycles. The van der Waals surface area contributed by atoms with Gasteiger partial charge in [-0.2, -0.15) is 15.1 Å². The van der Waals surface area contributed by atoms with E-state index in [-0.39, 0.29) is 5.95 Å². The largest absolute Gasteiger partial charge is 0.385 e. The van der Waals surface area contributed by atoms with Gasteiger partial charge in [0.05, 0.1) is 0 Å². The molecule has 0 aliphatic heterocycles. The molecule has 0 fully saturated rings. The molecule has 7 heteroatoms. The van der Waals surface area contributed by atoms with E-state index in [2.05, 4.69) is 37.8 Å². The van der Waals surface area contributed by atoms with Crippen molar-refractivity contribution < 1.29 is 0 Å². The number of para-hydroxylation sites is 1. The predicted octanol–water partition coefficient (Wildman–Crippen LogP) is 2.16. The molecule has 23 heavy (non-hydrogen) atoms. The zero-order valence-corrected chi connectivity index (χ0v) is 12.7. The van der Waals surface area contributed by atoms with Gasteiger partial charge in [-0.15, -0.1) is 0 Å². The Bertz CT molecular complexity index is 725. The van der Waals surface area contributed by atoms with Crippen molar-refractivity contribution in [2.45, 2.75) is 6.42 Å². The molecule has 0 bridgehead atoms. The van der Waals surface area contributed by atoms with Crippen LogP contribution in [0.1, 0.15) is 6.42 Å². The summed E-state index contributed by atoms with van der Waals surface area (Å²) in [6, 6.07) is 13.8. The number of hydrogen-bond acceptors (Lipinski definition) is 6. The summed E-state index contributed by atoms with van der Waals surface area (Å²) < 4.78 is 1.65. The van der Waals surface area contributed by atoms with E-state index in [0.29, 0.717) is 11.6 Å². The first-order valence-corrected chi connectivity index (χ1v) is 7.48. The molecule has 0 saturated heterocycles. The van der Waals surface area contributed by atoms with Crippen LogP contribution in [0.3, 0.4) is 0 Å². The molecule has 7 nitrogen and oxygen atoms in total. The second-order valence-electron chi connectivity index (χ2n) is 4.99. The van der Waals surface area contributed by atoms with Crippen molar-refractivity contribution in [1.29, 1.82) is 0 Å². The summed E-state index contributed by atoms with van der Waals surface area (Å²) in [6.07, 6.45) is 4.46. The number of nitrogen functional groups attached to an aromatic ring is 1. The van der Waals surface area contributed by atoms with Gasteiger partial charge in [-0.25, -0.2) is 4.68 Å². The van der Waals surface area contributed by atoms with Gasteiger partial charge in [0.2, 0.25) is 5.95 Å². The van der Waals surface area contributed by atoms with E-state index < -0.39 is 0 Å². The quantitative estimate of drug-likeness (QED) is 0.579. The average Bonchev–Trinajstić information content (AvgIpc) is 3.10. The molecule has 0 unspecified atom stereocenters. The Balaban J connectivity index is 1.50. The van der Waals surface area contributed by atoms with Crippen molar-refractivity contribution in [3.05, 3.63) is 54.9 Å². The van der Waals surface area contributed by atoms with E-state index in [4.69, 9.17) is 5.73 Å². The normalized spacial score (nSPS) is 10.4. The van der Waals surface area contributed by atoms with Crippen molar-refractivity contribution in [2.75, 3.05) is 29.5 Å². The number of nitrogens with two attached hydrogens (primary N) is 1. The molecule has 3 aromatic rings. The van der Waals surface area contributed by atoms with Crippen molar-refractivity contribution in [1.82, 2.24) is 19.7 Å². The number of anilines is 3. The van der Waals surface area contributed by atoms with Crippen molar-refractivity contribution in [2.24, 2.45) is 0 Å². The summed E-state index contributed by atoms with van der Waals surface area (Å²) in [5.74, 6) is 1.57. The van der Waals surface area contributed by atoms with Crippen LogP contribution in [0.2, 0.25) is 0 Å². The van der Waals surface area contributed by atoms with Crippen LogP contribution in [-0.2, 0) is 0 Å². The zero-order valence-electron chi connectivity index (χ0n) is 12.7. The third-order valence-electron chi connectivity index (χ3n) is 3.23. The minimum absolute atomic E-state index is 0.225. The van der Waals surface area contributed by atoms with Crippen molar-refractivity contribution in [3.63, 3.8) is 0 Å². The molecular formula is C16H19N7. The van der Waals surface area contributed by atoms with Gasteiger partial charge >= 0.3 is 0 Å². The van der Waals surface area contributed by atoms with E-state index in [9.17, 15) is 0 Å². The fourth-order valence-corrected chi connectivity index (χ4v) is 2.16. The molecule has 0 aliphatic carbocycles. The highest BCUT2D eigenvalue weighted by atomic mass is 15.3. The minimum atomic E-state index is 0.225. The molecule has 4 N–H and O–H groups in total. The van der Waals surface area contributed by atoms with E-state index in [0.717, 1.165) is 25.2 Å². The SMILES string of the molecule is Nc1nc(NCCCNc2ccccc2)cc(-n2cccn2)n1. The molecule has 0 saturated carbocycles. The van der Waals surface area contributed by atoms with Crippen molar-refractivity contribution in [3.8, 4) is 5.82 Å². The van der Waals surface area contributed by atoms with Crippen LogP contribution in [0.5, 0.6) is 0 Å². The molecular weight excluding hydrogens is 290 g/mol. The Morgan fingerprint density at radius 3 is 2.61 bits per heavy atom. The van der Waals surface area contributed by atoms with E-state index >= 15 is 0 Å². The number of benzene rings is 1. The Morgan fingerprint density at radius 1 is 1.00 bits per heavy atom. The summed E-state index contributed by atoms with van der Waals surface area (Å²) >= 11 is 0. The van der Waals surface area contributed by atoms with E-state index in [1.54, 1.807) is 10.9 Å². The van der Waals surface area contributed by atoms with Gasteiger partial charge in [-0.3, -0.25) is 0 Å². The lowest BCUT2D eigenvalue weighted by molar-refractivity contribution is 0.840. The Kier molecular flexibility index (Phi) is 4.68. The number of aromatic nitrogens is 4. The van der Waals surface area contributed by atoms with Gasteiger partial charge in [-0.1, -0.05) is 18.2 Å². The fourth-order valence-electron chi connectivity index (χ4n) is 2.16. The first-order valence-electron chi connectivity index (χ1n) is 7.48. The van der Waals surface area contributed by atoms with Crippen LogP contribution in [0.15, 0.2) is 54.9 Å². The van der Waals surface area contributed by atoms with Crippen LogP contribution in [-0.4, -0.2) is 32.8 Å². The second-order valence-corrected chi connectivity index (χ2v) is 4.99. The molecule has 0 spiro atoms. The Morgan fingerprint density at radius 2 is 1.83 bits per heavy atom. The number of hydrogen-bond donors (Lipinski definition) is 3. The number of nitrogens with one attached hydrogen (secondary N) is 2. The van der Waals surface area contributed by atoms with Gasteiger partial charge in [0.15, 0.2) is 5.82 Å².